The van der Waals surface area contributed by atoms with Gasteiger partial charge in [-0.15, -0.1) is 10.2 Å². The normalized spacial score (nSPS) is 11.1. The first-order chi connectivity index (χ1) is 16.5. The molecule has 0 saturated heterocycles. The van der Waals surface area contributed by atoms with Crippen molar-refractivity contribution in [3.63, 3.8) is 0 Å². The van der Waals surface area contributed by atoms with E-state index in [0.29, 0.717) is 35.1 Å². The number of benzene rings is 3. The van der Waals surface area contributed by atoms with Gasteiger partial charge in [-0.25, -0.2) is 4.79 Å². The lowest BCUT2D eigenvalue weighted by atomic mass is 10.2. The second-order valence-electron chi connectivity index (χ2n) is 7.33. The van der Waals surface area contributed by atoms with Crippen molar-refractivity contribution >= 4 is 57.2 Å². The van der Waals surface area contributed by atoms with Crippen molar-refractivity contribution < 1.29 is 14.6 Å². The molecule has 172 valence electrons. The van der Waals surface area contributed by atoms with E-state index in [0.717, 1.165) is 16.5 Å². The Morgan fingerprint density at radius 3 is 2.62 bits per heavy atom. The quantitative estimate of drug-likeness (QED) is 0.177. The number of nitrogens with zero attached hydrogens (tertiary/aromatic N) is 3. The fourth-order valence-electron chi connectivity index (χ4n) is 3.50. The average Bonchev–Trinajstić information content (AvgIpc) is 3.09. The fraction of sp³-hybridized carbons (Fsp3) is 0.120. The molecule has 4 aromatic rings. The highest BCUT2D eigenvalue weighted by Gasteiger charge is 2.17. The van der Waals surface area contributed by atoms with E-state index in [2.05, 4.69) is 15.5 Å². The summed E-state index contributed by atoms with van der Waals surface area (Å²) in [6.07, 6.45) is 0. The summed E-state index contributed by atoms with van der Waals surface area (Å²) in [7, 11) is 0. The van der Waals surface area contributed by atoms with Gasteiger partial charge in [-0.2, -0.15) is 0 Å². The van der Waals surface area contributed by atoms with Crippen molar-refractivity contribution in [3.05, 3.63) is 88.9 Å². The minimum Gasteiger partial charge on any atom is -0.493 e. The number of nitrogens with one attached hydrogen (secondary N) is 1. The van der Waals surface area contributed by atoms with Gasteiger partial charge in [0.15, 0.2) is 5.69 Å². The van der Waals surface area contributed by atoms with Crippen LogP contribution in [0.1, 0.15) is 22.8 Å². The standard InChI is InChI=1S/C25H21ClN4O3S/c1-2-33-24(32)17-10-12-19(13-11-17)27-25(34)29-28-22-20-8-3-4-9-21(20)30(23(22)31)15-16-6-5-7-18(26)14-16/h3-14,31H,2,15H2,1H3,(H,27,34). The number of rotatable bonds is 6. The van der Waals surface area contributed by atoms with Crippen LogP contribution in [-0.2, 0) is 11.3 Å². The Morgan fingerprint density at radius 1 is 1.12 bits per heavy atom. The van der Waals surface area contributed by atoms with Gasteiger partial charge in [0.05, 0.1) is 24.2 Å². The molecule has 0 bridgehead atoms. The van der Waals surface area contributed by atoms with Crippen LogP contribution in [0, 0.1) is 0 Å². The van der Waals surface area contributed by atoms with Crippen molar-refractivity contribution in [3.8, 4) is 5.88 Å². The summed E-state index contributed by atoms with van der Waals surface area (Å²) in [6, 6.07) is 21.6. The summed E-state index contributed by atoms with van der Waals surface area (Å²) in [6.45, 7) is 2.48. The Labute approximate surface area is 206 Å². The summed E-state index contributed by atoms with van der Waals surface area (Å²) in [5, 5.41) is 23.7. The maximum atomic E-state index is 11.8. The lowest BCUT2D eigenvalue weighted by Gasteiger charge is -2.07. The molecule has 9 heteroatoms. The summed E-state index contributed by atoms with van der Waals surface area (Å²) in [4.78, 5) is 11.8. The summed E-state index contributed by atoms with van der Waals surface area (Å²) in [5.41, 5.74) is 3.15. The van der Waals surface area contributed by atoms with Crippen LogP contribution >= 0.6 is 23.8 Å². The lowest BCUT2D eigenvalue weighted by molar-refractivity contribution is 0.0526. The molecule has 0 unspecified atom stereocenters. The molecule has 0 radical (unpaired) electrons. The van der Waals surface area contributed by atoms with Crippen molar-refractivity contribution in [2.75, 3.05) is 11.9 Å². The molecule has 0 fully saturated rings. The maximum absolute atomic E-state index is 11.8. The van der Waals surface area contributed by atoms with Crippen LogP contribution in [0.15, 0.2) is 83.0 Å². The average molecular weight is 493 g/mol. The van der Waals surface area contributed by atoms with E-state index in [1.807, 2.05) is 42.5 Å². The highest BCUT2D eigenvalue weighted by Crippen LogP contribution is 2.39. The van der Waals surface area contributed by atoms with Gasteiger partial charge < -0.3 is 19.7 Å². The molecule has 1 aromatic heterocycles. The molecular weight excluding hydrogens is 472 g/mol. The van der Waals surface area contributed by atoms with E-state index in [1.165, 1.54) is 0 Å². The molecule has 1 heterocycles. The molecule has 34 heavy (non-hydrogen) atoms. The molecule has 4 rings (SSSR count). The number of aromatic nitrogens is 1. The van der Waals surface area contributed by atoms with E-state index in [1.54, 1.807) is 41.8 Å². The number of azo groups is 1. The maximum Gasteiger partial charge on any atom is 0.338 e. The molecule has 0 aliphatic heterocycles. The largest absolute Gasteiger partial charge is 0.493 e. The molecule has 0 atom stereocenters. The van der Waals surface area contributed by atoms with Crippen LogP contribution < -0.4 is 5.32 Å². The van der Waals surface area contributed by atoms with Gasteiger partial charge in [-0.3, -0.25) is 0 Å². The van der Waals surface area contributed by atoms with Crippen molar-refractivity contribution in [1.82, 2.24) is 4.57 Å². The third-order valence-corrected chi connectivity index (χ3v) is 5.45. The second kappa shape index (κ2) is 10.5. The summed E-state index contributed by atoms with van der Waals surface area (Å²) < 4.78 is 6.73. The lowest BCUT2D eigenvalue weighted by Crippen LogP contribution is -2.07. The number of hydrogen-bond donors (Lipinski definition) is 2. The molecule has 0 aliphatic rings. The first kappa shape index (κ1) is 23.4. The van der Waals surface area contributed by atoms with Gasteiger partial charge in [0.25, 0.3) is 0 Å². The number of anilines is 1. The Morgan fingerprint density at radius 2 is 1.88 bits per heavy atom. The molecule has 3 aromatic carbocycles. The van der Waals surface area contributed by atoms with Gasteiger partial charge >= 0.3 is 5.97 Å². The van der Waals surface area contributed by atoms with Crippen LogP contribution in [0.3, 0.4) is 0 Å². The van der Waals surface area contributed by atoms with Crippen LogP contribution in [0.25, 0.3) is 10.9 Å². The third-order valence-electron chi connectivity index (χ3n) is 5.04. The van der Waals surface area contributed by atoms with Gasteiger partial charge in [0.2, 0.25) is 11.0 Å². The summed E-state index contributed by atoms with van der Waals surface area (Å²) >= 11 is 11.4. The van der Waals surface area contributed by atoms with Crippen LogP contribution in [0.2, 0.25) is 5.02 Å². The molecule has 0 aliphatic carbocycles. The van der Waals surface area contributed by atoms with Gasteiger partial charge in [0.1, 0.15) is 0 Å². The SMILES string of the molecule is CCOC(=O)c1ccc(NC(=S)N=Nc2c(O)n(Cc3cccc(Cl)c3)c3ccccc23)cc1. The number of para-hydroxylation sites is 1. The monoisotopic (exact) mass is 492 g/mol. The van der Waals surface area contributed by atoms with E-state index in [4.69, 9.17) is 28.6 Å². The topological polar surface area (TPSA) is 88.2 Å². The van der Waals surface area contributed by atoms with Crippen molar-refractivity contribution in [2.24, 2.45) is 10.2 Å². The van der Waals surface area contributed by atoms with Crippen LogP contribution in [-0.4, -0.2) is 27.4 Å². The van der Waals surface area contributed by atoms with Crippen molar-refractivity contribution in [2.45, 2.75) is 13.5 Å². The molecule has 0 amide bonds. The number of carbonyl (C=O) groups is 1. The summed E-state index contributed by atoms with van der Waals surface area (Å²) in [5.74, 6) is -0.410. The highest BCUT2D eigenvalue weighted by atomic mass is 35.5. The zero-order valence-electron chi connectivity index (χ0n) is 18.2. The predicted octanol–water partition coefficient (Wildman–Crippen LogP) is 6.71. The number of hydrogen-bond acceptors (Lipinski definition) is 5. The van der Waals surface area contributed by atoms with Gasteiger partial charge in [0, 0.05) is 16.1 Å². The van der Waals surface area contributed by atoms with E-state index in [-0.39, 0.29) is 17.0 Å². The number of esters is 1. The van der Waals surface area contributed by atoms with Gasteiger partial charge in [-0.1, -0.05) is 41.9 Å². The Bertz CT molecular complexity index is 1380. The highest BCUT2D eigenvalue weighted by molar-refractivity contribution is 7.80. The molecule has 0 spiro atoms. The Balaban J connectivity index is 1.54. The zero-order chi connectivity index (χ0) is 24.1. The molecule has 7 nitrogen and oxygen atoms in total. The molecular formula is C25H21ClN4O3S. The number of thiocarbonyl (C=S) groups is 1. The van der Waals surface area contributed by atoms with E-state index in [9.17, 15) is 9.90 Å². The number of carbonyl (C=O) groups excluding carboxylic acids is 1. The minimum absolute atomic E-state index is 0.0217. The van der Waals surface area contributed by atoms with E-state index < -0.39 is 0 Å². The van der Waals surface area contributed by atoms with Crippen molar-refractivity contribution in [1.29, 1.82) is 0 Å². The number of ether oxygens (including phenoxy) is 1. The Hall–Kier alpha value is -3.75. The molecule has 0 saturated carbocycles. The molecule has 2 N–H and O–H groups in total. The van der Waals surface area contributed by atoms with Crippen LogP contribution in [0.4, 0.5) is 11.4 Å². The fourth-order valence-corrected chi connectivity index (χ4v) is 3.87. The smallest absolute Gasteiger partial charge is 0.338 e. The third kappa shape index (κ3) is 5.24. The zero-order valence-corrected chi connectivity index (χ0v) is 19.8. The number of aromatic hydroxyl groups is 1. The first-order valence-corrected chi connectivity index (χ1v) is 11.3. The Kier molecular flexibility index (Phi) is 7.20. The van der Waals surface area contributed by atoms with Gasteiger partial charge in [-0.05, 0) is 67.2 Å². The minimum atomic E-state index is -0.388. The second-order valence-corrected chi connectivity index (χ2v) is 8.16. The van der Waals surface area contributed by atoms with Crippen LogP contribution in [0.5, 0.6) is 5.88 Å². The number of halogens is 1. The predicted molar refractivity (Wildman–Crippen MR) is 137 cm³/mol. The number of fused-ring (bicyclic) bond motifs is 1. The van der Waals surface area contributed by atoms with E-state index >= 15 is 0 Å². The first-order valence-electron chi connectivity index (χ1n) is 10.5.